The number of thiophene rings is 1. The van der Waals surface area contributed by atoms with Crippen LogP contribution in [0.5, 0.6) is 0 Å². The lowest BCUT2D eigenvalue weighted by molar-refractivity contribution is -0.137. The van der Waals surface area contributed by atoms with Crippen LogP contribution < -0.4 is 5.73 Å². The highest BCUT2D eigenvalue weighted by Crippen LogP contribution is 2.32. The van der Waals surface area contributed by atoms with Crippen molar-refractivity contribution < 1.29 is 13.2 Å². The van der Waals surface area contributed by atoms with Crippen LogP contribution in [0.1, 0.15) is 11.3 Å². The van der Waals surface area contributed by atoms with Crippen molar-refractivity contribution >= 4 is 17.0 Å². The molecule has 0 saturated carbocycles. The number of hydrogen-bond donors (Lipinski definition) is 1. The van der Waals surface area contributed by atoms with Gasteiger partial charge in [-0.3, -0.25) is 0 Å². The number of fused-ring (bicyclic) bond motifs is 1. The second-order valence-corrected chi connectivity index (χ2v) is 5.51. The fraction of sp³-hybridized carbons (Fsp3) is 0.214. The molecular formula is C14H12F3N3S. The van der Waals surface area contributed by atoms with Crippen LogP contribution in [-0.4, -0.2) is 15.9 Å². The maximum atomic E-state index is 12.9. The molecule has 0 aliphatic rings. The number of nitrogens with two attached hydrogens (primary N) is 1. The van der Waals surface area contributed by atoms with E-state index in [1.54, 1.807) is 0 Å². The summed E-state index contributed by atoms with van der Waals surface area (Å²) in [6.07, 6.45) is -2.82. The van der Waals surface area contributed by atoms with Crippen molar-refractivity contribution in [1.82, 2.24) is 9.38 Å². The van der Waals surface area contributed by atoms with Crippen molar-refractivity contribution in [3.8, 4) is 10.6 Å². The normalized spacial score (nSPS) is 12.2. The van der Waals surface area contributed by atoms with Crippen LogP contribution >= 0.6 is 11.3 Å². The number of rotatable bonds is 3. The highest BCUT2D eigenvalue weighted by Gasteiger charge is 2.31. The number of halogens is 3. The Hall–Kier alpha value is -1.86. The third kappa shape index (κ3) is 2.54. The minimum atomic E-state index is -4.37. The molecule has 0 amide bonds. The number of pyridine rings is 1. The molecule has 3 rings (SSSR count). The molecule has 3 nitrogen and oxygen atoms in total. The highest BCUT2D eigenvalue weighted by atomic mass is 32.1. The summed E-state index contributed by atoms with van der Waals surface area (Å²) in [6.45, 7) is 0.350. The van der Waals surface area contributed by atoms with Gasteiger partial charge in [-0.2, -0.15) is 13.2 Å². The SMILES string of the molecule is NCCc1c(-c2cccs2)nc2ccc(C(F)(F)F)cn12. The van der Waals surface area contributed by atoms with Crippen LogP contribution in [-0.2, 0) is 12.6 Å². The molecule has 21 heavy (non-hydrogen) atoms. The molecule has 0 aliphatic heterocycles. The molecule has 0 saturated heterocycles. The van der Waals surface area contributed by atoms with Crippen molar-refractivity contribution in [3.63, 3.8) is 0 Å². The number of nitrogens with zero attached hydrogens (tertiary/aromatic N) is 2. The van der Waals surface area contributed by atoms with Crippen LogP contribution in [0.3, 0.4) is 0 Å². The van der Waals surface area contributed by atoms with Crippen LogP contribution in [0.25, 0.3) is 16.2 Å². The maximum Gasteiger partial charge on any atom is 0.417 e. The Labute approximate surface area is 122 Å². The Morgan fingerprint density at radius 2 is 2.05 bits per heavy atom. The van der Waals surface area contributed by atoms with Gasteiger partial charge in [0.1, 0.15) is 11.3 Å². The number of imidazole rings is 1. The molecule has 3 aromatic heterocycles. The molecule has 0 unspecified atom stereocenters. The van der Waals surface area contributed by atoms with E-state index in [-0.39, 0.29) is 0 Å². The fourth-order valence-corrected chi connectivity index (χ4v) is 2.98. The summed E-state index contributed by atoms with van der Waals surface area (Å²) in [5.74, 6) is 0. The van der Waals surface area contributed by atoms with Crippen molar-refractivity contribution in [3.05, 3.63) is 47.1 Å². The number of aromatic nitrogens is 2. The zero-order chi connectivity index (χ0) is 15.0. The van der Waals surface area contributed by atoms with Crippen LogP contribution in [0.15, 0.2) is 35.8 Å². The van der Waals surface area contributed by atoms with E-state index in [0.29, 0.717) is 30.0 Å². The first-order chi connectivity index (χ1) is 10.0. The van der Waals surface area contributed by atoms with Gasteiger partial charge in [0.2, 0.25) is 0 Å². The molecule has 0 bridgehead atoms. The maximum absolute atomic E-state index is 12.9. The smallest absolute Gasteiger partial charge is 0.330 e. The van der Waals surface area contributed by atoms with Gasteiger partial charge in [0, 0.05) is 12.6 Å². The first-order valence-corrected chi connectivity index (χ1v) is 7.21. The van der Waals surface area contributed by atoms with E-state index >= 15 is 0 Å². The summed E-state index contributed by atoms with van der Waals surface area (Å²) < 4.78 is 40.1. The van der Waals surface area contributed by atoms with Crippen LogP contribution in [0, 0.1) is 0 Å². The fourth-order valence-electron chi connectivity index (χ4n) is 2.25. The molecule has 0 fully saturated rings. The van der Waals surface area contributed by atoms with Gasteiger partial charge in [-0.1, -0.05) is 6.07 Å². The number of alkyl halides is 3. The molecule has 0 atom stereocenters. The van der Waals surface area contributed by atoms with E-state index < -0.39 is 11.7 Å². The van der Waals surface area contributed by atoms with Crippen molar-refractivity contribution in [2.45, 2.75) is 12.6 Å². The average Bonchev–Trinajstić information content (AvgIpc) is 3.05. The predicted molar refractivity (Wildman–Crippen MR) is 76.3 cm³/mol. The Morgan fingerprint density at radius 1 is 1.24 bits per heavy atom. The topological polar surface area (TPSA) is 43.3 Å². The third-order valence-electron chi connectivity index (χ3n) is 3.18. The van der Waals surface area contributed by atoms with Gasteiger partial charge in [-0.15, -0.1) is 11.3 Å². The highest BCUT2D eigenvalue weighted by molar-refractivity contribution is 7.13. The van der Waals surface area contributed by atoms with E-state index in [1.807, 2.05) is 17.5 Å². The molecule has 0 radical (unpaired) electrons. The summed E-state index contributed by atoms with van der Waals surface area (Å²) in [6, 6.07) is 6.22. The van der Waals surface area contributed by atoms with Crippen molar-refractivity contribution in [1.29, 1.82) is 0 Å². The van der Waals surface area contributed by atoms with E-state index in [9.17, 15) is 13.2 Å². The lowest BCUT2D eigenvalue weighted by atomic mass is 10.2. The molecule has 7 heteroatoms. The van der Waals surface area contributed by atoms with E-state index in [0.717, 1.165) is 17.1 Å². The quantitative estimate of drug-likeness (QED) is 0.803. The second-order valence-electron chi connectivity index (χ2n) is 4.57. The van der Waals surface area contributed by atoms with Crippen LogP contribution in [0.2, 0.25) is 0 Å². The van der Waals surface area contributed by atoms with Crippen molar-refractivity contribution in [2.24, 2.45) is 5.73 Å². The Kier molecular flexibility index (Phi) is 3.46. The first kappa shape index (κ1) is 14.1. The molecule has 3 heterocycles. The largest absolute Gasteiger partial charge is 0.417 e. The monoisotopic (exact) mass is 311 g/mol. The van der Waals surface area contributed by atoms with Gasteiger partial charge >= 0.3 is 6.18 Å². The third-order valence-corrected chi connectivity index (χ3v) is 4.06. The van der Waals surface area contributed by atoms with Gasteiger partial charge in [-0.25, -0.2) is 4.98 Å². The Balaban J connectivity index is 2.23. The zero-order valence-electron chi connectivity index (χ0n) is 10.9. The summed E-state index contributed by atoms with van der Waals surface area (Å²) >= 11 is 1.50. The molecule has 0 spiro atoms. The standard InChI is InChI=1S/C14H12F3N3S/c15-14(16,17)9-3-4-12-19-13(11-2-1-7-21-11)10(5-6-18)20(12)8-9/h1-4,7-8H,5-6,18H2. The Bertz CT molecular complexity index is 760. The summed E-state index contributed by atoms with van der Waals surface area (Å²) in [4.78, 5) is 5.37. The molecule has 0 aliphatic carbocycles. The lowest BCUT2D eigenvalue weighted by Gasteiger charge is -2.08. The van der Waals surface area contributed by atoms with Gasteiger partial charge in [-0.05, 0) is 30.1 Å². The van der Waals surface area contributed by atoms with E-state index in [1.165, 1.54) is 21.8 Å². The predicted octanol–water partition coefficient (Wildman–Crippen LogP) is 3.58. The van der Waals surface area contributed by atoms with Gasteiger partial charge in [0.15, 0.2) is 0 Å². The molecule has 110 valence electrons. The minimum absolute atomic E-state index is 0.350. The van der Waals surface area contributed by atoms with Crippen molar-refractivity contribution in [2.75, 3.05) is 6.54 Å². The Morgan fingerprint density at radius 3 is 2.67 bits per heavy atom. The minimum Gasteiger partial charge on any atom is -0.330 e. The summed E-state index contributed by atoms with van der Waals surface area (Å²) in [5, 5.41) is 1.91. The van der Waals surface area contributed by atoms with E-state index in [2.05, 4.69) is 4.98 Å². The molecule has 3 aromatic rings. The van der Waals surface area contributed by atoms with Gasteiger partial charge in [0.25, 0.3) is 0 Å². The lowest BCUT2D eigenvalue weighted by Crippen LogP contribution is -2.09. The summed E-state index contributed by atoms with van der Waals surface area (Å²) in [5.41, 5.74) is 6.81. The van der Waals surface area contributed by atoms with E-state index in [4.69, 9.17) is 5.73 Å². The van der Waals surface area contributed by atoms with Gasteiger partial charge < -0.3 is 10.1 Å². The van der Waals surface area contributed by atoms with Gasteiger partial charge in [0.05, 0.1) is 16.1 Å². The number of hydrogen-bond acceptors (Lipinski definition) is 3. The molecule has 2 N–H and O–H groups in total. The zero-order valence-corrected chi connectivity index (χ0v) is 11.7. The molecular weight excluding hydrogens is 299 g/mol. The average molecular weight is 311 g/mol. The first-order valence-electron chi connectivity index (χ1n) is 6.33. The van der Waals surface area contributed by atoms with Crippen LogP contribution in [0.4, 0.5) is 13.2 Å². The second kappa shape index (κ2) is 5.16. The molecule has 0 aromatic carbocycles. The summed E-state index contributed by atoms with van der Waals surface area (Å²) in [7, 11) is 0.